The second-order valence-electron chi connectivity index (χ2n) is 4.48. The topological polar surface area (TPSA) is 43.1 Å². The van der Waals surface area contributed by atoms with Gasteiger partial charge >= 0.3 is 0 Å². The Morgan fingerprint density at radius 2 is 2.13 bits per heavy atom. The van der Waals surface area contributed by atoms with Crippen molar-refractivity contribution < 1.29 is 4.79 Å². The molecule has 0 bridgehead atoms. The number of carbonyl (C=O) groups is 1. The van der Waals surface area contributed by atoms with E-state index < -0.39 is 0 Å². The lowest BCUT2D eigenvalue weighted by molar-refractivity contribution is 0.0935. The van der Waals surface area contributed by atoms with E-state index in [1.54, 1.807) is 0 Å². The standard InChI is InChI=1S/C12H16BrNO/c1-12(2,8-14)7-11(15)9-4-3-5-10(13)6-9/h3-6H,7-8,14H2,1-2H3. The summed E-state index contributed by atoms with van der Waals surface area (Å²) in [7, 11) is 0. The summed E-state index contributed by atoms with van der Waals surface area (Å²) in [5.74, 6) is 0.145. The smallest absolute Gasteiger partial charge is 0.163 e. The van der Waals surface area contributed by atoms with Crippen LogP contribution >= 0.6 is 15.9 Å². The summed E-state index contributed by atoms with van der Waals surface area (Å²) < 4.78 is 0.930. The molecule has 0 amide bonds. The lowest BCUT2D eigenvalue weighted by atomic mass is 9.86. The molecule has 0 saturated carbocycles. The maximum atomic E-state index is 11.9. The number of nitrogens with two attached hydrogens (primary N) is 1. The van der Waals surface area contributed by atoms with E-state index >= 15 is 0 Å². The van der Waals surface area contributed by atoms with Crippen LogP contribution < -0.4 is 5.73 Å². The number of hydrogen-bond donors (Lipinski definition) is 1. The van der Waals surface area contributed by atoms with Gasteiger partial charge in [-0.15, -0.1) is 0 Å². The van der Waals surface area contributed by atoms with Crippen molar-refractivity contribution in [2.24, 2.45) is 11.1 Å². The number of rotatable bonds is 4. The molecular weight excluding hydrogens is 254 g/mol. The summed E-state index contributed by atoms with van der Waals surface area (Å²) in [6.45, 7) is 4.53. The molecule has 0 radical (unpaired) electrons. The first kappa shape index (κ1) is 12.4. The average molecular weight is 270 g/mol. The van der Waals surface area contributed by atoms with Crippen LogP contribution in [0, 0.1) is 5.41 Å². The van der Waals surface area contributed by atoms with Crippen molar-refractivity contribution in [3.05, 3.63) is 34.3 Å². The van der Waals surface area contributed by atoms with Gasteiger partial charge in [-0.3, -0.25) is 4.79 Å². The van der Waals surface area contributed by atoms with Crippen LogP contribution in [-0.2, 0) is 0 Å². The molecule has 0 aliphatic rings. The number of ketones is 1. The third kappa shape index (κ3) is 3.76. The highest BCUT2D eigenvalue weighted by Crippen LogP contribution is 2.22. The van der Waals surface area contributed by atoms with Crippen molar-refractivity contribution in [1.82, 2.24) is 0 Å². The molecule has 2 N–H and O–H groups in total. The maximum absolute atomic E-state index is 11.9. The third-order valence-electron chi connectivity index (χ3n) is 2.34. The van der Waals surface area contributed by atoms with E-state index in [4.69, 9.17) is 5.73 Å². The van der Waals surface area contributed by atoms with E-state index in [1.165, 1.54) is 0 Å². The van der Waals surface area contributed by atoms with Gasteiger partial charge in [0, 0.05) is 16.5 Å². The highest BCUT2D eigenvalue weighted by molar-refractivity contribution is 9.10. The number of halogens is 1. The van der Waals surface area contributed by atoms with Gasteiger partial charge in [0.1, 0.15) is 0 Å². The Labute approximate surface area is 99.0 Å². The van der Waals surface area contributed by atoms with Crippen LogP contribution in [0.3, 0.4) is 0 Å². The molecule has 0 atom stereocenters. The van der Waals surface area contributed by atoms with Gasteiger partial charge in [0.15, 0.2) is 5.78 Å². The Bertz CT molecular complexity index is 360. The first-order valence-corrected chi connectivity index (χ1v) is 5.73. The van der Waals surface area contributed by atoms with Crippen molar-refractivity contribution in [3.63, 3.8) is 0 Å². The van der Waals surface area contributed by atoms with Crippen molar-refractivity contribution in [1.29, 1.82) is 0 Å². The normalized spacial score (nSPS) is 11.5. The van der Waals surface area contributed by atoms with Gasteiger partial charge in [0.25, 0.3) is 0 Å². The number of carbonyl (C=O) groups excluding carboxylic acids is 1. The van der Waals surface area contributed by atoms with Gasteiger partial charge < -0.3 is 5.73 Å². The molecule has 0 unspecified atom stereocenters. The molecule has 1 rings (SSSR count). The molecule has 0 aliphatic heterocycles. The molecule has 0 fully saturated rings. The molecule has 1 aromatic carbocycles. The van der Waals surface area contributed by atoms with E-state index in [1.807, 2.05) is 38.1 Å². The molecule has 0 saturated heterocycles. The predicted molar refractivity (Wildman–Crippen MR) is 65.9 cm³/mol. The zero-order valence-corrected chi connectivity index (χ0v) is 10.7. The average Bonchev–Trinajstić information content (AvgIpc) is 2.17. The minimum atomic E-state index is -0.126. The number of benzene rings is 1. The minimum absolute atomic E-state index is 0.126. The Hall–Kier alpha value is -0.670. The summed E-state index contributed by atoms with van der Waals surface area (Å²) in [6, 6.07) is 7.45. The van der Waals surface area contributed by atoms with Gasteiger partial charge in [-0.1, -0.05) is 41.9 Å². The lowest BCUT2D eigenvalue weighted by Gasteiger charge is -2.21. The molecule has 1 aromatic rings. The van der Waals surface area contributed by atoms with E-state index in [9.17, 15) is 4.79 Å². The summed E-state index contributed by atoms with van der Waals surface area (Å²) in [6.07, 6.45) is 0.486. The fraction of sp³-hybridized carbons (Fsp3) is 0.417. The van der Waals surface area contributed by atoms with Crippen LogP contribution in [-0.4, -0.2) is 12.3 Å². The van der Waals surface area contributed by atoms with Gasteiger partial charge in [-0.05, 0) is 24.1 Å². The molecule has 15 heavy (non-hydrogen) atoms. The van der Waals surface area contributed by atoms with Crippen molar-refractivity contribution in [3.8, 4) is 0 Å². The Morgan fingerprint density at radius 1 is 1.47 bits per heavy atom. The van der Waals surface area contributed by atoms with Crippen molar-refractivity contribution in [2.45, 2.75) is 20.3 Å². The van der Waals surface area contributed by atoms with Crippen LogP contribution in [0.25, 0.3) is 0 Å². The van der Waals surface area contributed by atoms with Gasteiger partial charge in [-0.25, -0.2) is 0 Å². The van der Waals surface area contributed by atoms with E-state index in [2.05, 4.69) is 15.9 Å². The van der Waals surface area contributed by atoms with Gasteiger partial charge in [0.2, 0.25) is 0 Å². The molecule has 0 aromatic heterocycles. The highest BCUT2D eigenvalue weighted by Gasteiger charge is 2.20. The quantitative estimate of drug-likeness (QED) is 0.854. The number of Topliss-reactive ketones (excluding diaryl/α,β-unsaturated/α-hetero) is 1. The molecule has 0 heterocycles. The van der Waals surface area contributed by atoms with E-state index in [-0.39, 0.29) is 11.2 Å². The fourth-order valence-electron chi connectivity index (χ4n) is 1.27. The first-order chi connectivity index (χ1) is 6.94. The summed E-state index contributed by atoms with van der Waals surface area (Å²) in [5, 5.41) is 0. The second kappa shape index (κ2) is 4.90. The molecule has 0 spiro atoms. The van der Waals surface area contributed by atoms with Crippen LogP contribution in [0.5, 0.6) is 0 Å². The monoisotopic (exact) mass is 269 g/mol. The van der Waals surface area contributed by atoms with Gasteiger partial charge in [-0.2, -0.15) is 0 Å². The molecular formula is C12H16BrNO. The van der Waals surface area contributed by atoms with Crippen molar-refractivity contribution in [2.75, 3.05) is 6.54 Å². The third-order valence-corrected chi connectivity index (χ3v) is 2.83. The van der Waals surface area contributed by atoms with Crippen LogP contribution in [0.1, 0.15) is 30.6 Å². The first-order valence-electron chi connectivity index (χ1n) is 4.93. The second-order valence-corrected chi connectivity index (χ2v) is 5.39. The Balaban J connectivity index is 2.78. The maximum Gasteiger partial charge on any atom is 0.163 e. The lowest BCUT2D eigenvalue weighted by Crippen LogP contribution is -2.26. The predicted octanol–water partition coefficient (Wildman–Crippen LogP) is 3.01. The molecule has 82 valence electrons. The zero-order valence-electron chi connectivity index (χ0n) is 9.09. The Morgan fingerprint density at radius 3 is 2.67 bits per heavy atom. The van der Waals surface area contributed by atoms with Crippen LogP contribution in [0.2, 0.25) is 0 Å². The van der Waals surface area contributed by atoms with E-state index in [0.29, 0.717) is 13.0 Å². The van der Waals surface area contributed by atoms with Crippen LogP contribution in [0.4, 0.5) is 0 Å². The summed E-state index contributed by atoms with van der Waals surface area (Å²) >= 11 is 3.35. The molecule has 2 nitrogen and oxygen atoms in total. The fourth-order valence-corrected chi connectivity index (χ4v) is 1.67. The molecule has 3 heteroatoms. The highest BCUT2D eigenvalue weighted by atomic mass is 79.9. The Kier molecular flexibility index (Phi) is 4.05. The summed E-state index contributed by atoms with van der Waals surface area (Å²) in [5.41, 5.74) is 6.22. The molecule has 0 aliphatic carbocycles. The SMILES string of the molecule is CC(C)(CN)CC(=O)c1cccc(Br)c1. The minimum Gasteiger partial charge on any atom is -0.330 e. The van der Waals surface area contributed by atoms with Crippen molar-refractivity contribution >= 4 is 21.7 Å². The van der Waals surface area contributed by atoms with Gasteiger partial charge in [0.05, 0.1) is 0 Å². The largest absolute Gasteiger partial charge is 0.330 e. The zero-order chi connectivity index (χ0) is 11.5. The van der Waals surface area contributed by atoms with E-state index in [0.717, 1.165) is 10.0 Å². The number of hydrogen-bond acceptors (Lipinski definition) is 2. The summed E-state index contributed by atoms with van der Waals surface area (Å²) in [4.78, 5) is 11.9. The van der Waals surface area contributed by atoms with Crippen LogP contribution in [0.15, 0.2) is 28.7 Å².